The van der Waals surface area contributed by atoms with E-state index in [1.165, 1.54) is 51.5 Å². The summed E-state index contributed by atoms with van der Waals surface area (Å²) in [4.78, 5) is 2.52. The second kappa shape index (κ2) is 9.01. The molecular formula is C17H34N2O. The fourth-order valence-corrected chi connectivity index (χ4v) is 4.24. The molecule has 3 heteroatoms. The Bertz CT molecular complexity index is 259. The second-order valence-electron chi connectivity index (χ2n) is 6.99. The molecular weight excluding hydrogens is 248 g/mol. The van der Waals surface area contributed by atoms with Gasteiger partial charge in [-0.05, 0) is 44.1 Å². The van der Waals surface area contributed by atoms with Crippen LogP contribution in [-0.2, 0) is 4.74 Å². The lowest BCUT2D eigenvalue weighted by molar-refractivity contribution is 0.109. The molecule has 0 radical (unpaired) electrons. The number of likely N-dealkylation sites (N-methyl/N-ethyl adjacent to an activating group) is 1. The van der Waals surface area contributed by atoms with E-state index in [0.29, 0.717) is 0 Å². The summed E-state index contributed by atoms with van der Waals surface area (Å²) < 4.78 is 5.04. The van der Waals surface area contributed by atoms with E-state index < -0.39 is 0 Å². The summed E-state index contributed by atoms with van der Waals surface area (Å²) in [5, 5.41) is 3.43. The van der Waals surface area contributed by atoms with Gasteiger partial charge in [-0.2, -0.15) is 0 Å². The van der Waals surface area contributed by atoms with Gasteiger partial charge in [0.05, 0.1) is 6.61 Å². The van der Waals surface area contributed by atoms with E-state index in [2.05, 4.69) is 17.3 Å². The van der Waals surface area contributed by atoms with Crippen LogP contribution >= 0.6 is 0 Å². The van der Waals surface area contributed by atoms with Crippen LogP contribution in [0.2, 0.25) is 0 Å². The van der Waals surface area contributed by atoms with Gasteiger partial charge in [-0.1, -0.05) is 25.7 Å². The molecule has 1 N–H and O–H groups in total. The molecule has 0 aromatic carbocycles. The predicted octanol–water partition coefficient (Wildman–Crippen LogP) is 2.76. The van der Waals surface area contributed by atoms with Crippen molar-refractivity contribution in [2.45, 2.75) is 44.9 Å². The third-order valence-corrected chi connectivity index (χ3v) is 5.37. The number of hydrogen-bond acceptors (Lipinski definition) is 3. The van der Waals surface area contributed by atoms with Crippen molar-refractivity contribution in [1.29, 1.82) is 0 Å². The number of ether oxygens (including phenoxy) is 1. The Kier molecular flexibility index (Phi) is 7.32. The number of methoxy groups -OCH3 is 1. The zero-order chi connectivity index (χ0) is 14.2. The molecule has 20 heavy (non-hydrogen) atoms. The molecule has 2 fully saturated rings. The molecule has 0 amide bonds. The van der Waals surface area contributed by atoms with Crippen molar-refractivity contribution in [3.05, 3.63) is 0 Å². The van der Waals surface area contributed by atoms with Gasteiger partial charge in [0, 0.05) is 33.3 Å². The van der Waals surface area contributed by atoms with E-state index in [1.54, 1.807) is 7.11 Å². The molecule has 0 saturated heterocycles. The maximum Gasteiger partial charge on any atom is 0.0587 e. The van der Waals surface area contributed by atoms with Gasteiger partial charge in [0.2, 0.25) is 0 Å². The lowest BCUT2D eigenvalue weighted by Gasteiger charge is -2.40. The normalized spacial score (nSPS) is 30.4. The molecule has 118 valence electrons. The van der Waals surface area contributed by atoms with Crippen LogP contribution in [0.15, 0.2) is 0 Å². The van der Waals surface area contributed by atoms with Crippen molar-refractivity contribution in [3.63, 3.8) is 0 Å². The molecule has 2 saturated carbocycles. The Labute approximate surface area is 125 Å². The van der Waals surface area contributed by atoms with Gasteiger partial charge < -0.3 is 15.0 Å². The molecule has 0 aromatic heterocycles. The molecule has 2 aliphatic rings. The van der Waals surface area contributed by atoms with Crippen LogP contribution in [0, 0.1) is 17.8 Å². The first-order valence-electron chi connectivity index (χ1n) is 8.67. The fourth-order valence-electron chi connectivity index (χ4n) is 4.24. The smallest absolute Gasteiger partial charge is 0.0587 e. The molecule has 3 nitrogen and oxygen atoms in total. The molecule has 3 atom stereocenters. The van der Waals surface area contributed by atoms with Crippen molar-refractivity contribution >= 4 is 0 Å². The highest BCUT2D eigenvalue weighted by Crippen LogP contribution is 2.42. The van der Waals surface area contributed by atoms with Crippen molar-refractivity contribution < 1.29 is 4.74 Å². The van der Waals surface area contributed by atoms with Gasteiger partial charge in [-0.3, -0.25) is 0 Å². The van der Waals surface area contributed by atoms with E-state index in [4.69, 9.17) is 4.74 Å². The van der Waals surface area contributed by atoms with Crippen molar-refractivity contribution in [2.75, 3.05) is 46.9 Å². The van der Waals surface area contributed by atoms with Gasteiger partial charge in [0.15, 0.2) is 0 Å². The first-order chi connectivity index (χ1) is 9.79. The summed E-state index contributed by atoms with van der Waals surface area (Å²) in [6.45, 7) is 5.33. The van der Waals surface area contributed by atoms with Crippen LogP contribution in [-0.4, -0.2) is 51.8 Å². The Morgan fingerprint density at radius 2 is 1.85 bits per heavy atom. The highest BCUT2D eigenvalue weighted by Gasteiger charge is 2.32. The monoisotopic (exact) mass is 282 g/mol. The number of nitrogens with zero attached hydrogens (tertiary/aromatic N) is 1. The topological polar surface area (TPSA) is 24.5 Å². The molecule has 0 aliphatic heterocycles. The van der Waals surface area contributed by atoms with Gasteiger partial charge >= 0.3 is 0 Å². The van der Waals surface area contributed by atoms with Crippen LogP contribution in [0.25, 0.3) is 0 Å². The minimum Gasteiger partial charge on any atom is -0.383 e. The van der Waals surface area contributed by atoms with Crippen LogP contribution in [0.4, 0.5) is 0 Å². The highest BCUT2D eigenvalue weighted by molar-refractivity contribution is 4.84. The van der Waals surface area contributed by atoms with Gasteiger partial charge in [-0.25, -0.2) is 0 Å². The first-order valence-corrected chi connectivity index (χ1v) is 8.67. The third-order valence-electron chi connectivity index (χ3n) is 5.37. The molecule has 0 spiro atoms. The van der Waals surface area contributed by atoms with Gasteiger partial charge in [0.1, 0.15) is 0 Å². The minimum atomic E-state index is 0.815. The quantitative estimate of drug-likeness (QED) is 0.693. The van der Waals surface area contributed by atoms with E-state index in [9.17, 15) is 0 Å². The third kappa shape index (κ3) is 5.34. The molecule has 3 unspecified atom stereocenters. The summed E-state index contributed by atoms with van der Waals surface area (Å²) in [5.41, 5.74) is 0. The Morgan fingerprint density at radius 1 is 1.05 bits per heavy atom. The van der Waals surface area contributed by atoms with Crippen LogP contribution in [0.3, 0.4) is 0 Å². The van der Waals surface area contributed by atoms with E-state index >= 15 is 0 Å². The maximum absolute atomic E-state index is 5.04. The standard InChI is InChI=1S/C17H34N2O/c1-19(11-9-18-10-12-20-2)14-15-7-8-16-5-3-4-6-17(16)13-15/h15-18H,3-14H2,1-2H3. The van der Waals surface area contributed by atoms with Crippen LogP contribution < -0.4 is 5.32 Å². The lowest BCUT2D eigenvalue weighted by atomic mass is 9.67. The van der Waals surface area contributed by atoms with Crippen LogP contribution in [0.5, 0.6) is 0 Å². The van der Waals surface area contributed by atoms with Gasteiger partial charge in [-0.15, -0.1) is 0 Å². The maximum atomic E-state index is 5.04. The van der Waals surface area contributed by atoms with E-state index in [0.717, 1.165) is 44.0 Å². The zero-order valence-electron chi connectivity index (χ0n) is 13.6. The largest absolute Gasteiger partial charge is 0.383 e. The molecule has 0 aromatic rings. The Balaban J connectivity index is 1.58. The molecule has 2 aliphatic carbocycles. The molecule has 0 bridgehead atoms. The molecule has 0 heterocycles. The summed E-state index contributed by atoms with van der Waals surface area (Å²) >= 11 is 0. The number of rotatable bonds is 8. The summed E-state index contributed by atoms with van der Waals surface area (Å²) in [6, 6.07) is 0. The van der Waals surface area contributed by atoms with Crippen molar-refractivity contribution in [3.8, 4) is 0 Å². The highest BCUT2D eigenvalue weighted by atomic mass is 16.5. The SMILES string of the molecule is COCCNCCN(C)CC1CCC2CCCCC2C1. The number of hydrogen-bond donors (Lipinski definition) is 1. The van der Waals surface area contributed by atoms with E-state index in [-0.39, 0.29) is 0 Å². The number of nitrogens with one attached hydrogen (secondary N) is 1. The fraction of sp³-hybridized carbons (Fsp3) is 1.00. The Morgan fingerprint density at radius 3 is 2.65 bits per heavy atom. The summed E-state index contributed by atoms with van der Waals surface area (Å²) in [7, 11) is 4.04. The lowest BCUT2D eigenvalue weighted by Crippen LogP contribution is -2.37. The number of fused-ring (bicyclic) bond motifs is 1. The summed E-state index contributed by atoms with van der Waals surface area (Å²) in [5.74, 6) is 3.11. The second-order valence-corrected chi connectivity index (χ2v) is 6.99. The van der Waals surface area contributed by atoms with Crippen molar-refractivity contribution in [1.82, 2.24) is 10.2 Å². The molecule has 2 rings (SSSR count). The predicted molar refractivity (Wildman–Crippen MR) is 85.0 cm³/mol. The summed E-state index contributed by atoms with van der Waals surface area (Å²) in [6.07, 6.45) is 10.5. The Hall–Kier alpha value is -0.120. The minimum absolute atomic E-state index is 0.815. The average Bonchev–Trinajstić information content (AvgIpc) is 2.47. The average molecular weight is 282 g/mol. The van der Waals surface area contributed by atoms with Crippen LogP contribution in [0.1, 0.15) is 44.9 Å². The van der Waals surface area contributed by atoms with Crippen molar-refractivity contribution in [2.24, 2.45) is 17.8 Å². The van der Waals surface area contributed by atoms with E-state index in [1.807, 2.05) is 0 Å². The van der Waals surface area contributed by atoms with Gasteiger partial charge in [0.25, 0.3) is 0 Å². The zero-order valence-corrected chi connectivity index (χ0v) is 13.6. The first kappa shape index (κ1) is 16.3.